The molecule has 1 aliphatic rings. The molecule has 0 radical (unpaired) electrons. The Balaban J connectivity index is 1.43. The number of amides is 1. The first-order chi connectivity index (χ1) is 15.2. The molecule has 0 spiro atoms. The number of hydrogen-bond acceptors (Lipinski definition) is 6. The Hall–Kier alpha value is -4.07. The summed E-state index contributed by atoms with van der Waals surface area (Å²) in [4.78, 5) is 16.9. The van der Waals surface area contributed by atoms with Crippen LogP contribution < -0.4 is 19.5 Å². The van der Waals surface area contributed by atoms with Crippen LogP contribution >= 0.6 is 0 Å². The number of benzene rings is 2. The number of aromatic amines is 1. The number of ether oxygens (including phenoxy) is 3. The molecular formula is C23H20N4O4. The largest absolute Gasteiger partial charge is 0.495 e. The van der Waals surface area contributed by atoms with E-state index in [1.807, 2.05) is 42.5 Å². The van der Waals surface area contributed by atoms with E-state index in [-0.39, 0.29) is 12.3 Å². The molecule has 0 bridgehead atoms. The Bertz CT molecular complexity index is 1250. The molecule has 2 N–H and O–H groups in total. The summed E-state index contributed by atoms with van der Waals surface area (Å²) in [7, 11) is 1.60. The van der Waals surface area contributed by atoms with Gasteiger partial charge in [-0.15, -0.1) is 0 Å². The second-order valence-electron chi connectivity index (χ2n) is 7.09. The summed E-state index contributed by atoms with van der Waals surface area (Å²) >= 11 is 0. The molecule has 0 fully saturated rings. The number of aromatic nitrogens is 3. The Morgan fingerprint density at radius 1 is 1.16 bits per heavy atom. The van der Waals surface area contributed by atoms with Crippen molar-refractivity contribution in [1.82, 2.24) is 15.2 Å². The zero-order valence-electron chi connectivity index (χ0n) is 16.8. The summed E-state index contributed by atoms with van der Waals surface area (Å²) in [6.07, 6.45) is 3.66. The minimum atomic E-state index is -0.195. The van der Waals surface area contributed by atoms with Gasteiger partial charge in [0.2, 0.25) is 5.91 Å². The first kappa shape index (κ1) is 18.9. The Labute approximate surface area is 178 Å². The SMILES string of the molecule is COc1c(-c2cccnc2)ccc2[nH]nc(NC(=O)Cc3ccc4c(c3)OCCO4)c12. The number of carbonyl (C=O) groups is 1. The number of rotatable bonds is 5. The molecule has 8 heteroatoms. The van der Waals surface area contributed by atoms with E-state index in [0.29, 0.717) is 41.7 Å². The summed E-state index contributed by atoms with van der Waals surface area (Å²) in [5, 5.41) is 10.9. The molecule has 31 heavy (non-hydrogen) atoms. The Morgan fingerprint density at radius 2 is 2.03 bits per heavy atom. The van der Waals surface area contributed by atoms with E-state index in [0.717, 1.165) is 22.2 Å². The highest BCUT2D eigenvalue weighted by molar-refractivity contribution is 6.05. The monoisotopic (exact) mass is 416 g/mol. The zero-order chi connectivity index (χ0) is 21.2. The van der Waals surface area contributed by atoms with Crippen molar-refractivity contribution in [3.8, 4) is 28.4 Å². The van der Waals surface area contributed by atoms with Crippen LogP contribution in [-0.2, 0) is 11.2 Å². The number of nitrogens with one attached hydrogen (secondary N) is 2. The molecule has 8 nitrogen and oxygen atoms in total. The minimum Gasteiger partial charge on any atom is -0.495 e. The number of methoxy groups -OCH3 is 1. The zero-order valence-corrected chi connectivity index (χ0v) is 16.8. The lowest BCUT2D eigenvalue weighted by molar-refractivity contribution is -0.115. The summed E-state index contributed by atoms with van der Waals surface area (Å²) in [5.41, 5.74) is 3.37. The fourth-order valence-corrected chi connectivity index (χ4v) is 3.69. The Morgan fingerprint density at radius 3 is 2.84 bits per heavy atom. The van der Waals surface area contributed by atoms with E-state index in [1.165, 1.54) is 0 Å². The summed E-state index contributed by atoms with van der Waals surface area (Å²) < 4.78 is 16.8. The third-order valence-corrected chi connectivity index (χ3v) is 5.09. The van der Waals surface area contributed by atoms with Crippen molar-refractivity contribution in [3.63, 3.8) is 0 Å². The summed E-state index contributed by atoms with van der Waals surface area (Å²) in [5.74, 6) is 2.19. The van der Waals surface area contributed by atoms with Gasteiger partial charge in [0.15, 0.2) is 17.3 Å². The van der Waals surface area contributed by atoms with Crippen molar-refractivity contribution in [3.05, 3.63) is 60.4 Å². The van der Waals surface area contributed by atoms with Crippen molar-refractivity contribution >= 4 is 22.6 Å². The quantitative estimate of drug-likeness (QED) is 0.516. The molecule has 2 aromatic carbocycles. The maximum absolute atomic E-state index is 12.8. The highest BCUT2D eigenvalue weighted by Gasteiger charge is 2.19. The van der Waals surface area contributed by atoms with Crippen LogP contribution in [0.3, 0.4) is 0 Å². The third kappa shape index (κ3) is 3.63. The van der Waals surface area contributed by atoms with Gasteiger partial charge in [-0.2, -0.15) is 5.10 Å². The molecule has 156 valence electrons. The molecule has 0 atom stereocenters. The fourth-order valence-electron chi connectivity index (χ4n) is 3.69. The number of pyridine rings is 1. The normalized spacial score (nSPS) is 12.5. The van der Waals surface area contributed by atoms with Crippen LogP contribution in [0.2, 0.25) is 0 Å². The van der Waals surface area contributed by atoms with E-state index in [4.69, 9.17) is 14.2 Å². The first-order valence-electron chi connectivity index (χ1n) is 9.87. The van der Waals surface area contributed by atoms with Crippen LogP contribution in [0.4, 0.5) is 5.82 Å². The molecule has 5 rings (SSSR count). The van der Waals surface area contributed by atoms with Gasteiger partial charge in [0.05, 0.1) is 24.4 Å². The molecular weight excluding hydrogens is 396 g/mol. The lowest BCUT2D eigenvalue weighted by atomic mass is 10.0. The van der Waals surface area contributed by atoms with Crippen molar-refractivity contribution in [1.29, 1.82) is 0 Å². The molecule has 4 aromatic rings. The van der Waals surface area contributed by atoms with Gasteiger partial charge in [0.1, 0.15) is 19.0 Å². The van der Waals surface area contributed by atoms with Crippen LogP contribution in [0, 0.1) is 0 Å². The van der Waals surface area contributed by atoms with Gasteiger partial charge in [-0.05, 0) is 35.9 Å². The van der Waals surface area contributed by atoms with E-state index in [2.05, 4.69) is 20.5 Å². The molecule has 0 aliphatic carbocycles. The van der Waals surface area contributed by atoms with Crippen LogP contribution in [0.1, 0.15) is 5.56 Å². The van der Waals surface area contributed by atoms with Gasteiger partial charge in [-0.25, -0.2) is 0 Å². The molecule has 2 aromatic heterocycles. The van der Waals surface area contributed by atoms with Crippen LogP contribution in [0.25, 0.3) is 22.0 Å². The molecule has 0 saturated heterocycles. The lowest BCUT2D eigenvalue weighted by Crippen LogP contribution is -2.17. The number of H-pyrrole nitrogens is 1. The first-order valence-corrected chi connectivity index (χ1v) is 9.87. The maximum Gasteiger partial charge on any atom is 0.230 e. The predicted molar refractivity (Wildman–Crippen MR) is 116 cm³/mol. The third-order valence-electron chi connectivity index (χ3n) is 5.09. The number of nitrogens with zero attached hydrogens (tertiary/aromatic N) is 2. The van der Waals surface area contributed by atoms with Crippen LogP contribution in [0.5, 0.6) is 17.2 Å². The fraction of sp³-hybridized carbons (Fsp3) is 0.174. The van der Waals surface area contributed by atoms with Gasteiger partial charge in [-0.1, -0.05) is 12.1 Å². The average molecular weight is 416 g/mol. The predicted octanol–water partition coefficient (Wildman–Crippen LogP) is 3.59. The molecule has 3 heterocycles. The van der Waals surface area contributed by atoms with Crippen LogP contribution in [-0.4, -0.2) is 41.4 Å². The van der Waals surface area contributed by atoms with E-state index >= 15 is 0 Å². The second kappa shape index (κ2) is 7.98. The highest BCUT2D eigenvalue weighted by Crippen LogP contribution is 2.39. The smallest absolute Gasteiger partial charge is 0.230 e. The minimum absolute atomic E-state index is 0.176. The number of carbonyl (C=O) groups excluding carboxylic acids is 1. The number of fused-ring (bicyclic) bond motifs is 2. The van der Waals surface area contributed by atoms with Gasteiger partial charge in [-0.3, -0.25) is 14.9 Å². The van der Waals surface area contributed by atoms with E-state index < -0.39 is 0 Å². The maximum atomic E-state index is 12.8. The van der Waals surface area contributed by atoms with Crippen LogP contribution in [0.15, 0.2) is 54.9 Å². The van der Waals surface area contributed by atoms with E-state index in [9.17, 15) is 4.79 Å². The van der Waals surface area contributed by atoms with Crippen molar-refractivity contribution < 1.29 is 19.0 Å². The number of anilines is 1. The van der Waals surface area contributed by atoms with Gasteiger partial charge in [0, 0.05) is 23.5 Å². The van der Waals surface area contributed by atoms with E-state index in [1.54, 1.807) is 19.5 Å². The van der Waals surface area contributed by atoms with Gasteiger partial charge < -0.3 is 19.5 Å². The summed E-state index contributed by atoms with van der Waals surface area (Å²) in [6.45, 7) is 1.03. The lowest BCUT2D eigenvalue weighted by Gasteiger charge is -2.18. The molecule has 0 unspecified atom stereocenters. The highest BCUT2D eigenvalue weighted by atomic mass is 16.6. The number of hydrogen-bond donors (Lipinski definition) is 2. The summed E-state index contributed by atoms with van der Waals surface area (Å²) in [6, 6.07) is 13.2. The molecule has 1 amide bonds. The van der Waals surface area contributed by atoms with Gasteiger partial charge >= 0.3 is 0 Å². The van der Waals surface area contributed by atoms with Gasteiger partial charge in [0.25, 0.3) is 0 Å². The molecule has 0 saturated carbocycles. The van der Waals surface area contributed by atoms with Crippen molar-refractivity contribution in [2.24, 2.45) is 0 Å². The van der Waals surface area contributed by atoms with Crippen molar-refractivity contribution in [2.75, 3.05) is 25.6 Å². The van der Waals surface area contributed by atoms with Crippen molar-refractivity contribution in [2.45, 2.75) is 6.42 Å². The topological polar surface area (TPSA) is 98.4 Å². The standard InChI is InChI=1S/C23H20N4O4/c1-29-22-16(15-3-2-8-24-13-15)5-6-17-21(22)23(27-26-17)25-20(28)12-14-4-7-18-19(11-14)31-10-9-30-18/h2-8,11,13H,9-10,12H2,1H3,(H2,25,26,27,28). The molecule has 1 aliphatic heterocycles. The Kier molecular flexibility index (Phi) is 4.87. The second-order valence-corrected chi connectivity index (χ2v) is 7.09. The average Bonchev–Trinajstić information content (AvgIpc) is 3.21.